The summed E-state index contributed by atoms with van der Waals surface area (Å²) in [4.78, 5) is 16.5. The molecule has 0 bridgehead atoms. The fraction of sp³-hybridized carbons (Fsp3) is 0.294. The molecule has 0 aliphatic carbocycles. The highest BCUT2D eigenvalue weighted by molar-refractivity contribution is 6.05. The lowest BCUT2D eigenvalue weighted by atomic mass is 10.1. The first-order chi connectivity index (χ1) is 10.1. The van der Waals surface area contributed by atoms with E-state index >= 15 is 0 Å². The van der Waals surface area contributed by atoms with E-state index in [0.717, 1.165) is 30.0 Å². The third kappa shape index (κ3) is 4.05. The lowest BCUT2D eigenvalue weighted by Crippen LogP contribution is -2.13. The Morgan fingerprint density at radius 2 is 2.00 bits per heavy atom. The normalized spacial score (nSPS) is 10.2. The lowest BCUT2D eigenvalue weighted by Gasteiger charge is -2.10. The van der Waals surface area contributed by atoms with E-state index in [1.165, 1.54) is 5.56 Å². The fourth-order valence-electron chi connectivity index (χ4n) is 2.07. The molecule has 1 amide bonds. The van der Waals surface area contributed by atoms with Crippen molar-refractivity contribution in [2.45, 2.75) is 27.2 Å². The molecule has 0 saturated heterocycles. The maximum Gasteiger partial charge on any atom is 0.255 e. The number of carbonyl (C=O) groups is 1. The Bertz CT molecular complexity index is 638. The summed E-state index contributed by atoms with van der Waals surface area (Å²) in [5, 5.41) is 6.12. The van der Waals surface area contributed by atoms with Gasteiger partial charge in [-0.25, -0.2) is 4.98 Å². The monoisotopic (exact) mass is 283 g/mol. The number of anilines is 2. The summed E-state index contributed by atoms with van der Waals surface area (Å²) in [6.45, 7) is 6.95. The second kappa shape index (κ2) is 6.88. The predicted octanol–water partition coefficient (Wildman–Crippen LogP) is 3.77. The first-order valence-electron chi connectivity index (χ1n) is 7.18. The van der Waals surface area contributed by atoms with Gasteiger partial charge in [-0.05, 0) is 44.0 Å². The van der Waals surface area contributed by atoms with Gasteiger partial charge in [-0.2, -0.15) is 0 Å². The number of nitrogens with zero attached hydrogens (tertiary/aromatic N) is 1. The van der Waals surface area contributed by atoms with E-state index in [0.29, 0.717) is 5.56 Å². The van der Waals surface area contributed by atoms with Crippen LogP contribution in [0.3, 0.4) is 0 Å². The number of aromatic nitrogens is 1. The quantitative estimate of drug-likeness (QED) is 0.878. The molecule has 2 N–H and O–H groups in total. The van der Waals surface area contributed by atoms with Crippen LogP contribution in [0.1, 0.15) is 34.8 Å². The van der Waals surface area contributed by atoms with Crippen LogP contribution in [-0.4, -0.2) is 17.4 Å². The molecule has 110 valence electrons. The summed E-state index contributed by atoms with van der Waals surface area (Å²) in [7, 11) is 0. The number of nitrogens with one attached hydrogen (secondary N) is 2. The van der Waals surface area contributed by atoms with Gasteiger partial charge >= 0.3 is 0 Å². The van der Waals surface area contributed by atoms with Crippen LogP contribution in [0.25, 0.3) is 0 Å². The van der Waals surface area contributed by atoms with Crippen molar-refractivity contribution in [2.75, 3.05) is 17.2 Å². The van der Waals surface area contributed by atoms with Gasteiger partial charge in [-0.1, -0.05) is 24.6 Å². The molecule has 2 rings (SSSR count). The molecule has 0 aliphatic heterocycles. The molecule has 0 saturated carbocycles. The SMILES string of the molecule is CCCNc1cc(C(=O)Nc2ccc(C)cc2C)ccn1. The molecule has 1 heterocycles. The molecule has 0 radical (unpaired) electrons. The lowest BCUT2D eigenvalue weighted by molar-refractivity contribution is 0.102. The third-order valence-electron chi connectivity index (χ3n) is 3.21. The predicted molar refractivity (Wildman–Crippen MR) is 86.9 cm³/mol. The van der Waals surface area contributed by atoms with E-state index in [1.54, 1.807) is 18.3 Å². The van der Waals surface area contributed by atoms with Crippen LogP contribution < -0.4 is 10.6 Å². The van der Waals surface area contributed by atoms with Crippen molar-refractivity contribution in [3.8, 4) is 0 Å². The van der Waals surface area contributed by atoms with Gasteiger partial charge in [0, 0.05) is 24.0 Å². The third-order valence-corrected chi connectivity index (χ3v) is 3.21. The van der Waals surface area contributed by atoms with E-state index in [2.05, 4.69) is 28.6 Å². The molecular weight excluding hydrogens is 262 g/mol. The Kier molecular flexibility index (Phi) is 4.93. The van der Waals surface area contributed by atoms with Crippen molar-refractivity contribution in [2.24, 2.45) is 0 Å². The summed E-state index contributed by atoms with van der Waals surface area (Å²) in [6.07, 6.45) is 2.66. The molecule has 0 atom stereocenters. The molecule has 0 aliphatic rings. The second-order valence-corrected chi connectivity index (χ2v) is 5.13. The van der Waals surface area contributed by atoms with Gasteiger partial charge in [-0.3, -0.25) is 4.79 Å². The van der Waals surface area contributed by atoms with Crippen molar-refractivity contribution in [1.82, 2.24) is 4.98 Å². The highest BCUT2D eigenvalue weighted by Gasteiger charge is 2.08. The van der Waals surface area contributed by atoms with Crippen LogP contribution in [-0.2, 0) is 0 Å². The molecule has 4 heteroatoms. The number of benzene rings is 1. The molecule has 0 unspecified atom stereocenters. The Balaban J connectivity index is 2.12. The number of hydrogen-bond donors (Lipinski definition) is 2. The van der Waals surface area contributed by atoms with E-state index in [9.17, 15) is 4.79 Å². The highest BCUT2D eigenvalue weighted by atomic mass is 16.1. The van der Waals surface area contributed by atoms with Gasteiger partial charge in [0.2, 0.25) is 0 Å². The molecule has 1 aromatic heterocycles. The fourth-order valence-corrected chi connectivity index (χ4v) is 2.07. The van der Waals surface area contributed by atoms with Crippen molar-refractivity contribution in [3.63, 3.8) is 0 Å². The Morgan fingerprint density at radius 1 is 1.19 bits per heavy atom. The van der Waals surface area contributed by atoms with Crippen molar-refractivity contribution in [3.05, 3.63) is 53.2 Å². The summed E-state index contributed by atoms with van der Waals surface area (Å²) in [6, 6.07) is 9.46. The largest absolute Gasteiger partial charge is 0.370 e. The van der Waals surface area contributed by atoms with Crippen molar-refractivity contribution >= 4 is 17.4 Å². The molecule has 0 spiro atoms. The van der Waals surface area contributed by atoms with Gasteiger partial charge in [0.25, 0.3) is 5.91 Å². The van der Waals surface area contributed by atoms with Crippen LogP contribution in [0.4, 0.5) is 11.5 Å². The van der Waals surface area contributed by atoms with E-state index in [4.69, 9.17) is 0 Å². The standard InChI is InChI=1S/C17H21N3O/c1-4-8-18-16-11-14(7-9-19-16)17(21)20-15-6-5-12(2)10-13(15)3/h5-7,9-11H,4,8H2,1-3H3,(H,18,19)(H,20,21). The number of rotatable bonds is 5. The molecular formula is C17H21N3O. The number of hydrogen-bond acceptors (Lipinski definition) is 3. The molecule has 0 fully saturated rings. The van der Waals surface area contributed by atoms with Gasteiger partial charge in [0.1, 0.15) is 5.82 Å². The maximum atomic E-state index is 12.3. The minimum Gasteiger partial charge on any atom is -0.370 e. The molecule has 1 aromatic carbocycles. The zero-order valence-electron chi connectivity index (χ0n) is 12.7. The average molecular weight is 283 g/mol. The summed E-state index contributed by atoms with van der Waals surface area (Å²) >= 11 is 0. The topological polar surface area (TPSA) is 54.0 Å². The van der Waals surface area contributed by atoms with E-state index < -0.39 is 0 Å². The Labute approximate surface area is 125 Å². The summed E-state index contributed by atoms with van der Waals surface area (Å²) in [5.74, 6) is 0.606. The van der Waals surface area contributed by atoms with Gasteiger partial charge in [-0.15, -0.1) is 0 Å². The first-order valence-corrected chi connectivity index (χ1v) is 7.18. The highest BCUT2D eigenvalue weighted by Crippen LogP contribution is 2.17. The molecule has 2 aromatic rings. The minimum absolute atomic E-state index is 0.121. The summed E-state index contributed by atoms with van der Waals surface area (Å²) in [5.41, 5.74) is 3.68. The minimum atomic E-state index is -0.121. The molecule has 21 heavy (non-hydrogen) atoms. The van der Waals surface area contributed by atoms with Crippen LogP contribution in [0, 0.1) is 13.8 Å². The number of pyridine rings is 1. The van der Waals surface area contributed by atoms with Crippen LogP contribution in [0.15, 0.2) is 36.5 Å². The summed E-state index contributed by atoms with van der Waals surface area (Å²) < 4.78 is 0. The average Bonchev–Trinajstić information content (AvgIpc) is 2.48. The zero-order valence-corrected chi connectivity index (χ0v) is 12.7. The number of amides is 1. The van der Waals surface area contributed by atoms with Crippen LogP contribution >= 0.6 is 0 Å². The van der Waals surface area contributed by atoms with Crippen LogP contribution in [0.5, 0.6) is 0 Å². The first kappa shape index (κ1) is 15.0. The Hall–Kier alpha value is -2.36. The second-order valence-electron chi connectivity index (χ2n) is 5.13. The number of carbonyl (C=O) groups excluding carboxylic acids is 1. The maximum absolute atomic E-state index is 12.3. The van der Waals surface area contributed by atoms with Gasteiger partial charge in [0.15, 0.2) is 0 Å². The van der Waals surface area contributed by atoms with Gasteiger partial charge in [0.05, 0.1) is 0 Å². The van der Waals surface area contributed by atoms with Crippen molar-refractivity contribution in [1.29, 1.82) is 0 Å². The zero-order chi connectivity index (χ0) is 15.2. The molecule has 4 nitrogen and oxygen atoms in total. The van der Waals surface area contributed by atoms with E-state index in [-0.39, 0.29) is 5.91 Å². The van der Waals surface area contributed by atoms with Gasteiger partial charge < -0.3 is 10.6 Å². The Morgan fingerprint density at radius 3 is 2.71 bits per heavy atom. The van der Waals surface area contributed by atoms with E-state index in [1.807, 2.05) is 26.0 Å². The van der Waals surface area contributed by atoms with Crippen molar-refractivity contribution < 1.29 is 4.79 Å². The van der Waals surface area contributed by atoms with Crippen LogP contribution in [0.2, 0.25) is 0 Å². The smallest absolute Gasteiger partial charge is 0.255 e. The number of aryl methyl sites for hydroxylation is 2.